The number of hydrogen-bond acceptors (Lipinski definition) is 3. The molecule has 0 unspecified atom stereocenters. The number of benzene rings is 1. The molecule has 4 nitrogen and oxygen atoms in total. The predicted octanol–water partition coefficient (Wildman–Crippen LogP) is 2.59. The highest BCUT2D eigenvalue weighted by Gasteiger charge is 2.20. The van der Waals surface area contributed by atoms with Gasteiger partial charge in [0.1, 0.15) is 5.75 Å². The standard InChI is InChI=1S/C13H16Br2N2O2/c1-16-12(18)7-19-13-10(14)4-8(5-11(13)15)6-17-9-2-3-9/h4-5,9,17H,2-3,6-7H2,1H3,(H,16,18). The molecule has 2 rings (SSSR count). The van der Waals surface area contributed by atoms with Crippen molar-refractivity contribution < 1.29 is 9.53 Å². The molecule has 2 N–H and O–H groups in total. The van der Waals surface area contributed by atoms with E-state index in [0.29, 0.717) is 11.8 Å². The number of nitrogens with one attached hydrogen (secondary N) is 2. The minimum atomic E-state index is -0.154. The molecule has 1 aliphatic rings. The van der Waals surface area contributed by atoms with Gasteiger partial charge in [0.25, 0.3) is 5.91 Å². The van der Waals surface area contributed by atoms with Crippen LogP contribution in [0, 0.1) is 0 Å². The van der Waals surface area contributed by atoms with Crippen molar-refractivity contribution in [1.82, 2.24) is 10.6 Å². The van der Waals surface area contributed by atoms with Crippen LogP contribution in [0.3, 0.4) is 0 Å². The Bertz CT molecular complexity index is 453. The molecule has 0 spiro atoms. The second kappa shape index (κ2) is 6.72. The van der Waals surface area contributed by atoms with E-state index < -0.39 is 0 Å². The fourth-order valence-corrected chi connectivity index (χ4v) is 3.12. The van der Waals surface area contributed by atoms with E-state index >= 15 is 0 Å². The van der Waals surface area contributed by atoms with Crippen LogP contribution >= 0.6 is 31.9 Å². The summed E-state index contributed by atoms with van der Waals surface area (Å²) >= 11 is 6.96. The maximum Gasteiger partial charge on any atom is 0.257 e. The quantitative estimate of drug-likeness (QED) is 0.783. The van der Waals surface area contributed by atoms with Crippen molar-refractivity contribution in [2.24, 2.45) is 0 Å². The van der Waals surface area contributed by atoms with Crippen LogP contribution in [-0.2, 0) is 11.3 Å². The van der Waals surface area contributed by atoms with Crippen molar-refractivity contribution >= 4 is 37.8 Å². The van der Waals surface area contributed by atoms with Crippen LogP contribution in [0.15, 0.2) is 21.1 Å². The van der Waals surface area contributed by atoms with Gasteiger partial charge in [-0.1, -0.05) is 0 Å². The first-order valence-corrected chi connectivity index (χ1v) is 7.73. The van der Waals surface area contributed by atoms with E-state index in [-0.39, 0.29) is 12.5 Å². The highest BCUT2D eigenvalue weighted by atomic mass is 79.9. The first-order chi connectivity index (χ1) is 9.10. The molecule has 0 radical (unpaired) electrons. The van der Waals surface area contributed by atoms with Crippen LogP contribution in [0.5, 0.6) is 5.75 Å². The molecule has 1 amide bonds. The number of halogens is 2. The lowest BCUT2D eigenvalue weighted by Crippen LogP contribution is -2.25. The van der Waals surface area contributed by atoms with E-state index in [9.17, 15) is 4.79 Å². The minimum Gasteiger partial charge on any atom is -0.481 e. The van der Waals surface area contributed by atoms with Gasteiger partial charge < -0.3 is 15.4 Å². The second-order valence-corrected chi connectivity index (χ2v) is 6.21. The largest absolute Gasteiger partial charge is 0.481 e. The average molecular weight is 392 g/mol. The molecule has 1 aromatic carbocycles. The predicted molar refractivity (Wildman–Crippen MR) is 81.3 cm³/mol. The van der Waals surface area contributed by atoms with Crippen molar-refractivity contribution in [3.63, 3.8) is 0 Å². The van der Waals surface area contributed by atoms with Crippen molar-refractivity contribution in [2.45, 2.75) is 25.4 Å². The monoisotopic (exact) mass is 390 g/mol. The van der Waals surface area contributed by atoms with E-state index in [1.54, 1.807) is 7.05 Å². The highest BCUT2D eigenvalue weighted by molar-refractivity contribution is 9.11. The Kier molecular flexibility index (Phi) is 5.24. The van der Waals surface area contributed by atoms with Crippen molar-refractivity contribution in [2.75, 3.05) is 13.7 Å². The Morgan fingerprint density at radius 1 is 1.37 bits per heavy atom. The van der Waals surface area contributed by atoms with Gasteiger partial charge in [0.15, 0.2) is 6.61 Å². The van der Waals surface area contributed by atoms with Gasteiger partial charge in [-0.15, -0.1) is 0 Å². The lowest BCUT2D eigenvalue weighted by molar-refractivity contribution is -0.122. The fourth-order valence-electron chi connectivity index (χ4n) is 1.61. The summed E-state index contributed by atoms with van der Waals surface area (Å²) < 4.78 is 7.18. The Morgan fingerprint density at radius 3 is 2.53 bits per heavy atom. The molecule has 19 heavy (non-hydrogen) atoms. The molecule has 0 aliphatic heterocycles. The summed E-state index contributed by atoms with van der Waals surface area (Å²) in [7, 11) is 1.59. The summed E-state index contributed by atoms with van der Waals surface area (Å²) in [6.07, 6.45) is 2.55. The topological polar surface area (TPSA) is 50.4 Å². The maximum absolute atomic E-state index is 11.2. The van der Waals surface area contributed by atoms with Gasteiger partial charge in [-0.3, -0.25) is 4.79 Å². The van der Waals surface area contributed by atoms with E-state index in [0.717, 1.165) is 15.5 Å². The Morgan fingerprint density at radius 2 is 2.00 bits per heavy atom. The summed E-state index contributed by atoms with van der Waals surface area (Å²) in [5.41, 5.74) is 1.18. The van der Waals surface area contributed by atoms with Gasteiger partial charge in [-0.25, -0.2) is 0 Å². The molecule has 0 atom stereocenters. The SMILES string of the molecule is CNC(=O)COc1c(Br)cc(CNC2CC2)cc1Br. The van der Waals surface area contributed by atoms with Gasteiger partial charge in [0.05, 0.1) is 8.95 Å². The average Bonchev–Trinajstić information content (AvgIpc) is 3.19. The molecule has 1 fully saturated rings. The first-order valence-electron chi connectivity index (χ1n) is 6.15. The minimum absolute atomic E-state index is 0.00731. The van der Waals surface area contributed by atoms with Crippen LogP contribution in [0.1, 0.15) is 18.4 Å². The second-order valence-electron chi connectivity index (χ2n) is 4.51. The third-order valence-electron chi connectivity index (χ3n) is 2.86. The summed E-state index contributed by atoms with van der Waals surface area (Å²) in [6.45, 7) is 0.852. The number of likely N-dealkylation sites (N-methyl/N-ethyl adjacent to an activating group) is 1. The Balaban J connectivity index is 2.00. The number of amides is 1. The zero-order valence-corrected chi connectivity index (χ0v) is 13.8. The lowest BCUT2D eigenvalue weighted by Gasteiger charge is -2.12. The first kappa shape index (κ1) is 14.8. The Labute approximate surface area is 129 Å². The molecule has 0 bridgehead atoms. The van der Waals surface area contributed by atoms with Crippen molar-refractivity contribution in [1.29, 1.82) is 0 Å². The van der Waals surface area contributed by atoms with Crippen LogP contribution in [0.25, 0.3) is 0 Å². The Hall–Kier alpha value is -0.590. The molecule has 0 saturated heterocycles. The summed E-state index contributed by atoms with van der Waals surface area (Å²) in [6, 6.07) is 4.71. The van der Waals surface area contributed by atoms with E-state index in [1.165, 1.54) is 18.4 Å². The molecule has 104 valence electrons. The van der Waals surface area contributed by atoms with Gasteiger partial charge in [0.2, 0.25) is 0 Å². The normalized spacial score (nSPS) is 14.3. The van der Waals surface area contributed by atoms with Crippen LogP contribution in [0.4, 0.5) is 0 Å². The highest BCUT2D eigenvalue weighted by Crippen LogP contribution is 2.35. The number of hydrogen-bond donors (Lipinski definition) is 2. The molecular weight excluding hydrogens is 376 g/mol. The number of ether oxygens (including phenoxy) is 1. The summed E-state index contributed by atoms with van der Waals surface area (Å²) in [4.78, 5) is 11.2. The molecule has 0 heterocycles. The van der Waals surface area contributed by atoms with Crippen molar-refractivity contribution in [3.05, 3.63) is 26.6 Å². The van der Waals surface area contributed by atoms with E-state index in [4.69, 9.17) is 4.74 Å². The third-order valence-corrected chi connectivity index (χ3v) is 4.03. The number of rotatable bonds is 6. The molecule has 0 aromatic heterocycles. The number of carbonyl (C=O) groups is 1. The molecule has 6 heteroatoms. The molecular formula is C13H16Br2N2O2. The molecule has 1 aliphatic carbocycles. The molecule has 1 saturated carbocycles. The summed E-state index contributed by atoms with van der Waals surface area (Å²) in [5, 5.41) is 5.98. The fraction of sp³-hybridized carbons (Fsp3) is 0.462. The zero-order chi connectivity index (χ0) is 13.8. The molecule has 1 aromatic rings. The zero-order valence-electron chi connectivity index (χ0n) is 10.6. The van der Waals surface area contributed by atoms with E-state index in [1.807, 2.05) is 12.1 Å². The summed E-state index contributed by atoms with van der Waals surface area (Å²) in [5.74, 6) is 0.497. The third kappa shape index (κ3) is 4.47. The van der Waals surface area contributed by atoms with Gasteiger partial charge in [-0.2, -0.15) is 0 Å². The smallest absolute Gasteiger partial charge is 0.257 e. The van der Waals surface area contributed by atoms with Crippen LogP contribution < -0.4 is 15.4 Å². The van der Waals surface area contributed by atoms with Crippen LogP contribution in [0.2, 0.25) is 0 Å². The van der Waals surface area contributed by atoms with Gasteiger partial charge >= 0.3 is 0 Å². The van der Waals surface area contributed by atoms with Gasteiger partial charge in [-0.05, 0) is 62.4 Å². The van der Waals surface area contributed by atoms with E-state index in [2.05, 4.69) is 42.5 Å². The van der Waals surface area contributed by atoms with Crippen molar-refractivity contribution in [3.8, 4) is 5.75 Å². The lowest BCUT2D eigenvalue weighted by atomic mass is 10.2. The van der Waals surface area contributed by atoms with Crippen LogP contribution in [-0.4, -0.2) is 25.6 Å². The maximum atomic E-state index is 11.2. The van der Waals surface area contributed by atoms with Gasteiger partial charge in [0, 0.05) is 19.6 Å². The number of carbonyl (C=O) groups excluding carboxylic acids is 1.